The van der Waals surface area contributed by atoms with E-state index in [1.54, 1.807) is 0 Å². The third-order valence-corrected chi connectivity index (χ3v) is 4.98. The van der Waals surface area contributed by atoms with Gasteiger partial charge in [0.1, 0.15) is 10.7 Å². The van der Waals surface area contributed by atoms with E-state index < -0.39 is 26.7 Å². The molecule has 2 aromatic carbocycles. The van der Waals surface area contributed by atoms with E-state index in [9.17, 15) is 17.6 Å². The molecule has 0 amide bonds. The first-order valence-electron chi connectivity index (χ1n) is 5.71. The predicted molar refractivity (Wildman–Crippen MR) is 83.3 cm³/mol. The van der Waals surface area contributed by atoms with Crippen LogP contribution in [0.15, 0.2) is 45.8 Å². The fourth-order valence-corrected chi connectivity index (χ4v) is 3.54. The number of hydrogen-bond donors (Lipinski definition) is 2. The molecule has 0 saturated heterocycles. The van der Waals surface area contributed by atoms with E-state index in [0.29, 0.717) is 4.47 Å². The van der Waals surface area contributed by atoms with Crippen LogP contribution >= 0.6 is 27.5 Å². The van der Waals surface area contributed by atoms with E-state index in [-0.39, 0.29) is 16.3 Å². The van der Waals surface area contributed by atoms with E-state index in [1.807, 2.05) is 4.72 Å². The molecule has 2 rings (SSSR count). The largest absolute Gasteiger partial charge is 0.478 e. The second kappa shape index (κ2) is 6.23. The van der Waals surface area contributed by atoms with Crippen LogP contribution in [0, 0.1) is 5.82 Å². The zero-order chi connectivity index (χ0) is 16.5. The summed E-state index contributed by atoms with van der Waals surface area (Å²) in [5.41, 5.74) is -0.527. The first kappa shape index (κ1) is 16.7. The first-order chi connectivity index (χ1) is 10.2. The number of rotatable bonds is 4. The average molecular weight is 409 g/mol. The molecule has 0 spiro atoms. The van der Waals surface area contributed by atoms with Gasteiger partial charge in [0.25, 0.3) is 10.0 Å². The summed E-state index contributed by atoms with van der Waals surface area (Å²) in [5.74, 6) is -2.09. The summed E-state index contributed by atoms with van der Waals surface area (Å²) in [6.45, 7) is 0. The Morgan fingerprint density at radius 3 is 2.50 bits per heavy atom. The zero-order valence-corrected chi connectivity index (χ0v) is 13.8. The maximum Gasteiger partial charge on any atom is 0.335 e. The molecular formula is C13H8BrClFNO4S. The van der Waals surface area contributed by atoms with Gasteiger partial charge in [-0.15, -0.1) is 0 Å². The molecule has 9 heteroatoms. The van der Waals surface area contributed by atoms with Crippen LogP contribution in [0.3, 0.4) is 0 Å². The van der Waals surface area contributed by atoms with Gasteiger partial charge in [0, 0.05) is 4.47 Å². The van der Waals surface area contributed by atoms with Crippen LogP contribution in [-0.2, 0) is 10.0 Å². The molecule has 0 atom stereocenters. The highest BCUT2D eigenvalue weighted by atomic mass is 79.9. The summed E-state index contributed by atoms with van der Waals surface area (Å²) in [7, 11) is -4.24. The Bertz CT molecular complexity index is 857. The average Bonchev–Trinajstić information content (AvgIpc) is 2.42. The number of halogens is 3. The lowest BCUT2D eigenvalue weighted by Gasteiger charge is -2.11. The minimum atomic E-state index is -4.24. The van der Waals surface area contributed by atoms with Crippen molar-refractivity contribution in [3.05, 3.63) is 57.3 Å². The Kier molecular flexibility index (Phi) is 4.74. The van der Waals surface area contributed by atoms with Crippen molar-refractivity contribution in [2.24, 2.45) is 0 Å². The maximum absolute atomic E-state index is 13.7. The van der Waals surface area contributed by atoms with Crippen LogP contribution in [-0.4, -0.2) is 19.5 Å². The number of benzene rings is 2. The molecule has 0 aliphatic carbocycles. The summed E-state index contributed by atoms with van der Waals surface area (Å²) in [6, 6.07) is 7.00. The van der Waals surface area contributed by atoms with Crippen LogP contribution in [0.2, 0.25) is 5.02 Å². The van der Waals surface area contributed by atoms with Crippen LogP contribution in [0.5, 0.6) is 0 Å². The van der Waals surface area contributed by atoms with Gasteiger partial charge < -0.3 is 5.11 Å². The molecule has 22 heavy (non-hydrogen) atoms. The fraction of sp³-hybridized carbons (Fsp3) is 0. The van der Waals surface area contributed by atoms with Crippen molar-refractivity contribution in [2.45, 2.75) is 4.90 Å². The Morgan fingerprint density at radius 1 is 1.23 bits per heavy atom. The monoisotopic (exact) mass is 407 g/mol. The zero-order valence-electron chi connectivity index (χ0n) is 10.7. The molecule has 0 aliphatic rings. The van der Waals surface area contributed by atoms with Crippen molar-refractivity contribution < 1.29 is 22.7 Å². The molecule has 0 aromatic heterocycles. The Hall–Kier alpha value is -1.64. The molecule has 0 saturated carbocycles. The third kappa shape index (κ3) is 3.57. The number of carbonyl (C=O) groups is 1. The number of hydrogen-bond acceptors (Lipinski definition) is 3. The van der Waals surface area contributed by atoms with Crippen LogP contribution in [0.25, 0.3) is 0 Å². The van der Waals surface area contributed by atoms with Crippen LogP contribution in [0.1, 0.15) is 10.4 Å². The van der Waals surface area contributed by atoms with Crippen LogP contribution in [0.4, 0.5) is 10.1 Å². The minimum absolute atomic E-state index is 0.171. The molecule has 0 bridgehead atoms. The van der Waals surface area contributed by atoms with Gasteiger partial charge >= 0.3 is 5.97 Å². The molecule has 0 heterocycles. The van der Waals surface area contributed by atoms with Gasteiger partial charge in [-0.1, -0.05) is 27.5 Å². The molecule has 116 valence electrons. The molecule has 5 nitrogen and oxygen atoms in total. The van der Waals surface area contributed by atoms with Gasteiger partial charge in [-0.05, 0) is 36.4 Å². The Morgan fingerprint density at radius 2 is 1.91 bits per heavy atom. The van der Waals surface area contributed by atoms with E-state index >= 15 is 0 Å². The van der Waals surface area contributed by atoms with Gasteiger partial charge in [0.05, 0.1) is 16.3 Å². The third-order valence-electron chi connectivity index (χ3n) is 2.64. The van der Waals surface area contributed by atoms with Gasteiger partial charge in [0.15, 0.2) is 0 Å². The minimum Gasteiger partial charge on any atom is -0.478 e. The number of anilines is 1. The van der Waals surface area contributed by atoms with E-state index in [4.69, 9.17) is 16.7 Å². The summed E-state index contributed by atoms with van der Waals surface area (Å²) in [4.78, 5) is 10.5. The molecule has 0 unspecified atom stereocenters. The van der Waals surface area contributed by atoms with Crippen LogP contribution < -0.4 is 4.72 Å². The topological polar surface area (TPSA) is 83.5 Å². The number of nitrogens with one attached hydrogen (secondary N) is 1. The highest BCUT2D eigenvalue weighted by molar-refractivity contribution is 9.10. The quantitative estimate of drug-likeness (QED) is 0.807. The number of aromatic carboxylic acids is 1. The maximum atomic E-state index is 13.7. The highest BCUT2D eigenvalue weighted by Crippen LogP contribution is 2.27. The lowest BCUT2D eigenvalue weighted by atomic mass is 10.2. The number of sulfonamides is 1. The van der Waals surface area contributed by atoms with Gasteiger partial charge in [-0.25, -0.2) is 17.6 Å². The summed E-state index contributed by atoms with van der Waals surface area (Å²) in [5, 5.41) is 8.74. The predicted octanol–water partition coefficient (Wildman–Crippen LogP) is 3.74. The molecular weight excluding hydrogens is 401 g/mol. The molecule has 0 aliphatic heterocycles. The standard InChI is InChI=1S/C13H8BrClFNO4S/c14-8-2-4-11(10(16)6-8)17-22(20,21)12-5-7(13(18)19)1-3-9(12)15/h1-6,17H,(H,18,19). The molecule has 0 fully saturated rings. The lowest BCUT2D eigenvalue weighted by Crippen LogP contribution is -2.15. The first-order valence-corrected chi connectivity index (χ1v) is 8.37. The normalized spacial score (nSPS) is 11.2. The van der Waals surface area contributed by atoms with Gasteiger partial charge in [0.2, 0.25) is 0 Å². The highest BCUT2D eigenvalue weighted by Gasteiger charge is 2.21. The van der Waals surface area contributed by atoms with Crippen molar-refractivity contribution in [2.75, 3.05) is 4.72 Å². The molecule has 2 N–H and O–H groups in total. The molecule has 0 radical (unpaired) electrons. The second-order valence-corrected chi connectivity index (χ2v) is 7.15. The summed E-state index contributed by atoms with van der Waals surface area (Å²) < 4.78 is 40.7. The SMILES string of the molecule is O=C(O)c1ccc(Cl)c(S(=O)(=O)Nc2ccc(Br)cc2F)c1. The Labute approximate surface area is 138 Å². The second-order valence-electron chi connectivity index (χ2n) is 4.18. The fourth-order valence-electron chi connectivity index (χ4n) is 1.61. The van der Waals surface area contributed by atoms with Gasteiger partial charge in [-0.3, -0.25) is 4.72 Å². The summed E-state index contributed by atoms with van der Waals surface area (Å²) in [6.07, 6.45) is 0. The van der Waals surface area contributed by atoms with Crippen molar-refractivity contribution in [1.82, 2.24) is 0 Å². The van der Waals surface area contributed by atoms with Gasteiger partial charge in [-0.2, -0.15) is 0 Å². The summed E-state index contributed by atoms with van der Waals surface area (Å²) >= 11 is 8.86. The van der Waals surface area contributed by atoms with E-state index in [0.717, 1.165) is 18.2 Å². The van der Waals surface area contributed by atoms with Crippen molar-refractivity contribution in [3.8, 4) is 0 Å². The van der Waals surface area contributed by atoms with Crippen molar-refractivity contribution in [1.29, 1.82) is 0 Å². The number of carboxylic acid groups (broad SMARTS) is 1. The molecule has 2 aromatic rings. The smallest absolute Gasteiger partial charge is 0.335 e. The number of carboxylic acids is 1. The van der Waals surface area contributed by atoms with Crippen molar-refractivity contribution >= 4 is 49.2 Å². The van der Waals surface area contributed by atoms with E-state index in [2.05, 4.69) is 15.9 Å². The lowest BCUT2D eigenvalue weighted by molar-refractivity contribution is 0.0696. The Balaban J connectivity index is 2.46. The van der Waals surface area contributed by atoms with Crippen molar-refractivity contribution in [3.63, 3.8) is 0 Å². The van der Waals surface area contributed by atoms with E-state index in [1.165, 1.54) is 18.2 Å².